The van der Waals surface area contributed by atoms with E-state index in [0.717, 1.165) is 63.7 Å². The number of hydrogen-bond donors (Lipinski definition) is 0. The zero-order valence-corrected chi connectivity index (χ0v) is 43.0. The summed E-state index contributed by atoms with van der Waals surface area (Å²) in [6, 6.07) is 0. The van der Waals surface area contributed by atoms with E-state index in [1.54, 1.807) is 0 Å². The first-order valence-corrected chi connectivity index (χ1v) is 28.4. The van der Waals surface area contributed by atoms with Gasteiger partial charge in [0, 0.05) is 19.3 Å². The molecule has 6 heteroatoms. The number of hydrogen-bond acceptors (Lipinski definition) is 6. The molecular weight excluding hydrogens is 781 g/mol. The summed E-state index contributed by atoms with van der Waals surface area (Å²) in [7, 11) is 0. The third-order valence-electron chi connectivity index (χ3n) is 13.0. The summed E-state index contributed by atoms with van der Waals surface area (Å²) in [6.07, 6.45) is 55.2. The molecule has 0 heterocycles. The van der Waals surface area contributed by atoms with Gasteiger partial charge < -0.3 is 14.2 Å². The zero-order valence-electron chi connectivity index (χ0n) is 43.0. The monoisotopic (exact) mass is 891 g/mol. The minimum atomic E-state index is -0.761. The first kappa shape index (κ1) is 61.4. The first-order valence-electron chi connectivity index (χ1n) is 28.4. The average Bonchev–Trinajstić information content (AvgIpc) is 3.27. The minimum Gasteiger partial charge on any atom is -0.462 e. The normalized spacial score (nSPS) is 12.0. The molecule has 0 aromatic carbocycles. The molecule has 1 atom stereocenters. The molecule has 0 rings (SSSR count). The molecule has 0 saturated carbocycles. The maximum absolute atomic E-state index is 12.8. The third-order valence-corrected chi connectivity index (χ3v) is 13.0. The van der Waals surface area contributed by atoms with Gasteiger partial charge in [0.05, 0.1) is 0 Å². The summed E-state index contributed by atoms with van der Waals surface area (Å²) >= 11 is 0. The lowest BCUT2D eigenvalue weighted by atomic mass is 10.0. The summed E-state index contributed by atoms with van der Waals surface area (Å²) in [5, 5.41) is 0. The van der Waals surface area contributed by atoms with Gasteiger partial charge in [-0.05, 0) is 25.2 Å². The molecular formula is C57H110O6. The molecule has 6 nitrogen and oxygen atoms in total. The lowest BCUT2D eigenvalue weighted by Gasteiger charge is -2.18. The lowest BCUT2D eigenvalue weighted by molar-refractivity contribution is -0.167. The first-order chi connectivity index (χ1) is 30.9. The lowest BCUT2D eigenvalue weighted by Crippen LogP contribution is -2.30. The Morgan fingerprint density at radius 1 is 0.302 bits per heavy atom. The minimum absolute atomic E-state index is 0.0619. The van der Waals surface area contributed by atoms with E-state index < -0.39 is 6.10 Å². The van der Waals surface area contributed by atoms with E-state index in [1.807, 2.05) is 0 Å². The fourth-order valence-electron chi connectivity index (χ4n) is 8.75. The highest BCUT2D eigenvalue weighted by Gasteiger charge is 2.19. The van der Waals surface area contributed by atoms with E-state index in [4.69, 9.17) is 14.2 Å². The van der Waals surface area contributed by atoms with Crippen molar-refractivity contribution >= 4 is 17.9 Å². The smallest absolute Gasteiger partial charge is 0.306 e. The largest absolute Gasteiger partial charge is 0.462 e. The molecule has 0 amide bonds. The summed E-state index contributed by atoms with van der Waals surface area (Å²) in [5.41, 5.74) is 0. The van der Waals surface area contributed by atoms with Gasteiger partial charge in [0.15, 0.2) is 6.10 Å². The molecule has 0 unspecified atom stereocenters. The van der Waals surface area contributed by atoms with Crippen LogP contribution in [-0.4, -0.2) is 37.2 Å². The van der Waals surface area contributed by atoms with Crippen LogP contribution in [0.3, 0.4) is 0 Å². The molecule has 0 aromatic heterocycles. The second-order valence-electron chi connectivity index (χ2n) is 20.1. The Balaban J connectivity index is 4.25. The van der Waals surface area contributed by atoms with E-state index in [-0.39, 0.29) is 31.1 Å². The van der Waals surface area contributed by atoms with Crippen molar-refractivity contribution in [1.82, 2.24) is 0 Å². The Morgan fingerprint density at radius 3 is 0.778 bits per heavy atom. The van der Waals surface area contributed by atoms with Crippen LogP contribution in [0, 0.1) is 5.92 Å². The molecule has 0 bridgehead atoms. The fourth-order valence-corrected chi connectivity index (χ4v) is 8.75. The second kappa shape index (κ2) is 51.4. The number of ether oxygens (including phenoxy) is 3. The van der Waals surface area contributed by atoms with Crippen LogP contribution in [0.1, 0.15) is 323 Å². The van der Waals surface area contributed by atoms with Crippen LogP contribution in [0.5, 0.6) is 0 Å². The van der Waals surface area contributed by atoms with Crippen molar-refractivity contribution in [2.24, 2.45) is 5.92 Å². The number of unbranched alkanes of at least 4 members (excludes halogenated alkanes) is 39. The highest BCUT2D eigenvalue weighted by molar-refractivity contribution is 5.71. The highest BCUT2D eigenvalue weighted by Crippen LogP contribution is 2.18. The Morgan fingerprint density at radius 2 is 0.524 bits per heavy atom. The summed E-state index contributed by atoms with van der Waals surface area (Å²) in [6.45, 7) is 9.06. The molecule has 0 saturated heterocycles. The van der Waals surface area contributed by atoms with E-state index in [9.17, 15) is 14.4 Å². The fraction of sp³-hybridized carbons (Fsp3) is 0.947. The van der Waals surface area contributed by atoms with Gasteiger partial charge in [0.25, 0.3) is 0 Å². The van der Waals surface area contributed by atoms with Gasteiger partial charge in [-0.1, -0.05) is 285 Å². The van der Waals surface area contributed by atoms with Crippen LogP contribution in [0.2, 0.25) is 0 Å². The topological polar surface area (TPSA) is 78.9 Å². The Labute approximate surface area is 393 Å². The summed E-state index contributed by atoms with van der Waals surface area (Å²) in [4.78, 5) is 38.1. The Hall–Kier alpha value is -1.59. The predicted octanol–water partition coefficient (Wildman–Crippen LogP) is 18.6. The number of carbonyl (C=O) groups is 3. The summed E-state index contributed by atoms with van der Waals surface area (Å²) in [5.74, 6) is 0.0161. The summed E-state index contributed by atoms with van der Waals surface area (Å²) < 4.78 is 16.9. The number of esters is 3. The maximum Gasteiger partial charge on any atom is 0.306 e. The number of rotatable bonds is 52. The van der Waals surface area contributed by atoms with Crippen LogP contribution < -0.4 is 0 Å². The molecule has 0 aromatic rings. The maximum atomic E-state index is 12.8. The van der Waals surface area contributed by atoms with Crippen molar-refractivity contribution in [2.75, 3.05) is 13.2 Å². The molecule has 63 heavy (non-hydrogen) atoms. The van der Waals surface area contributed by atoms with Crippen molar-refractivity contribution in [2.45, 2.75) is 329 Å². The van der Waals surface area contributed by atoms with Gasteiger partial charge in [0.2, 0.25) is 0 Å². The van der Waals surface area contributed by atoms with E-state index >= 15 is 0 Å². The van der Waals surface area contributed by atoms with Gasteiger partial charge in [-0.3, -0.25) is 14.4 Å². The van der Waals surface area contributed by atoms with Crippen molar-refractivity contribution in [3.8, 4) is 0 Å². The molecule has 0 aliphatic rings. The Kier molecular flexibility index (Phi) is 50.1. The Bertz CT molecular complexity index is 949. The molecule has 0 spiro atoms. The molecule has 374 valence electrons. The van der Waals surface area contributed by atoms with Gasteiger partial charge in [-0.2, -0.15) is 0 Å². The van der Waals surface area contributed by atoms with Crippen LogP contribution in [-0.2, 0) is 28.6 Å². The number of carbonyl (C=O) groups excluding carboxylic acids is 3. The van der Waals surface area contributed by atoms with Crippen LogP contribution >= 0.6 is 0 Å². The molecule has 0 N–H and O–H groups in total. The molecule has 0 fully saturated rings. The SMILES string of the molecule is CCCCCCCCCCCCCCCCC(=O)OC[C@H](COC(=O)CCCCCCCCCCCCCCCCCCC(C)C)OC(=O)CCCCCCCCCCCCCC. The third kappa shape index (κ3) is 51.3. The van der Waals surface area contributed by atoms with E-state index in [1.165, 1.54) is 218 Å². The van der Waals surface area contributed by atoms with E-state index in [2.05, 4.69) is 27.7 Å². The second-order valence-corrected chi connectivity index (χ2v) is 20.1. The molecule has 0 aliphatic heterocycles. The van der Waals surface area contributed by atoms with E-state index in [0.29, 0.717) is 19.3 Å². The molecule has 0 radical (unpaired) electrons. The average molecular weight is 892 g/mol. The van der Waals surface area contributed by atoms with Crippen LogP contribution in [0.25, 0.3) is 0 Å². The zero-order chi connectivity index (χ0) is 45.9. The van der Waals surface area contributed by atoms with Crippen LogP contribution in [0.4, 0.5) is 0 Å². The predicted molar refractivity (Wildman–Crippen MR) is 270 cm³/mol. The van der Waals surface area contributed by atoms with Crippen molar-refractivity contribution in [1.29, 1.82) is 0 Å². The van der Waals surface area contributed by atoms with Gasteiger partial charge in [0.1, 0.15) is 13.2 Å². The standard InChI is InChI=1S/C57H110O6/c1-5-7-9-11-13-15-17-19-25-29-32-36-40-44-48-55(58)61-51-54(63-57(60)50-46-42-38-34-28-18-16-14-12-10-8-6-2)52-62-56(59)49-45-41-37-33-30-26-23-21-20-22-24-27-31-35-39-43-47-53(3)4/h53-54H,5-52H2,1-4H3/t54-/m1/s1. The highest BCUT2D eigenvalue weighted by atomic mass is 16.6. The van der Waals surface area contributed by atoms with Crippen molar-refractivity contribution < 1.29 is 28.6 Å². The van der Waals surface area contributed by atoms with Crippen molar-refractivity contribution in [3.63, 3.8) is 0 Å². The van der Waals surface area contributed by atoms with Gasteiger partial charge >= 0.3 is 17.9 Å². The van der Waals surface area contributed by atoms with Gasteiger partial charge in [-0.25, -0.2) is 0 Å². The van der Waals surface area contributed by atoms with Crippen molar-refractivity contribution in [3.05, 3.63) is 0 Å². The molecule has 0 aliphatic carbocycles. The van der Waals surface area contributed by atoms with Gasteiger partial charge in [-0.15, -0.1) is 0 Å². The van der Waals surface area contributed by atoms with Crippen LogP contribution in [0.15, 0.2) is 0 Å². The quantitative estimate of drug-likeness (QED) is 0.0344.